The molecule has 0 unspecified atom stereocenters. The van der Waals surface area contributed by atoms with Gasteiger partial charge in [-0.15, -0.1) is 0 Å². The number of furan rings is 1. The van der Waals surface area contributed by atoms with Crippen molar-refractivity contribution in [3.8, 4) is 5.75 Å². The average molecular weight is 295 g/mol. The first-order chi connectivity index (χ1) is 9.42. The molecule has 5 nitrogen and oxygen atoms in total. The van der Waals surface area contributed by atoms with Crippen LogP contribution >= 0.6 is 0 Å². The molecule has 0 amide bonds. The van der Waals surface area contributed by atoms with Crippen LogP contribution in [-0.2, 0) is 16.6 Å². The van der Waals surface area contributed by atoms with Gasteiger partial charge in [-0.25, -0.2) is 13.1 Å². The smallest absolute Gasteiger partial charge is 0.241 e. The van der Waals surface area contributed by atoms with E-state index in [2.05, 4.69) is 4.72 Å². The lowest BCUT2D eigenvalue weighted by molar-refractivity contribution is 0.413. The van der Waals surface area contributed by atoms with Crippen LogP contribution in [0.15, 0.2) is 39.6 Å². The van der Waals surface area contributed by atoms with Gasteiger partial charge in [-0.05, 0) is 32.0 Å². The lowest BCUT2D eigenvalue weighted by Gasteiger charge is -2.07. The van der Waals surface area contributed by atoms with Crippen LogP contribution in [0.2, 0.25) is 0 Å². The molecule has 108 valence electrons. The third-order valence-corrected chi connectivity index (χ3v) is 4.35. The minimum atomic E-state index is -3.57. The van der Waals surface area contributed by atoms with E-state index in [1.807, 2.05) is 19.9 Å². The highest BCUT2D eigenvalue weighted by Gasteiger charge is 2.15. The van der Waals surface area contributed by atoms with Crippen molar-refractivity contribution in [3.05, 3.63) is 47.4 Å². The Labute approximate surface area is 118 Å². The molecule has 0 radical (unpaired) electrons. The number of hydrogen-bond donors (Lipinski definition) is 1. The summed E-state index contributed by atoms with van der Waals surface area (Å²) in [6.45, 7) is 3.83. The quantitative estimate of drug-likeness (QED) is 0.919. The fraction of sp³-hybridized carbons (Fsp3) is 0.286. The van der Waals surface area contributed by atoms with E-state index in [4.69, 9.17) is 9.15 Å². The van der Waals surface area contributed by atoms with Crippen LogP contribution in [0, 0.1) is 13.8 Å². The first-order valence-corrected chi connectivity index (χ1v) is 7.60. The fourth-order valence-electron chi connectivity index (χ4n) is 1.88. The van der Waals surface area contributed by atoms with Gasteiger partial charge in [0.2, 0.25) is 10.0 Å². The predicted octanol–water partition coefficient (Wildman–Crippen LogP) is 2.38. The zero-order chi connectivity index (χ0) is 14.8. The van der Waals surface area contributed by atoms with E-state index in [1.54, 1.807) is 12.1 Å². The van der Waals surface area contributed by atoms with Crippen LogP contribution in [0.25, 0.3) is 0 Å². The molecular weight excluding hydrogens is 278 g/mol. The minimum absolute atomic E-state index is 0.176. The number of hydrogen-bond acceptors (Lipinski definition) is 4. The molecule has 0 aliphatic rings. The maximum absolute atomic E-state index is 12.2. The van der Waals surface area contributed by atoms with Crippen LogP contribution in [-0.4, -0.2) is 15.5 Å². The molecule has 1 heterocycles. The Morgan fingerprint density at radius 3 is 2.60 bits per heavy atom. The van der Waals surface area contributed by atoms with Crippen molar-refractivity contribution in [2.75, 3.05) is 7.11 Å². The Balaban J connectivity index is 2.17. The van der Waals surface area contributed by atoms with Gasteiger partial charge in [0.25, 0.3) is 0 Å². The topological polar surface area (TPSA) is 68.5 Å². The Kier molecular flexibility index (Phi) is 4.15. The summed E-state index contributed by atoms with van der Waals surface area (Å²) in [5, 5.41) is 0. The molecule has 0 aliphatic heterocycles. The number of nitrogens with one attached hydrogen (secondary N) is 1. The van der Waals surface area contributed by atoms with E-state index in [1.165, 1.54) is 19.2 Å². The second-order valence-corrected chi connectivity index (χ2v) is 6.21. The van der Waals surface area contributed by atoms with Crippen molar-refractivity contribution in [2.45, 2.75) is 25.3 Å². The van der Waals surface area contributed by atoms with Crippen molar-refractivity contribution in [1.82, 2.24) is 4.72 Å². The molecule has 20 heavy (non-hydrogen) atoms. The van der Waals surface area contributed by atoms with Gasteiger partial charge in [0.1, 0.15) is 17.3 Å². The third-order valence-electron chi connectivity index (χ3n) is 2.95. The maximum Gasteiger partial charge on any atom is 0.241 e. The molecule has 0 aliphatic carbocycles. The molecule has 0 atom stereocenters. The molecule has 2 aromatic rings. The molecule has 2 rings (SSSR count). The molecule has 1 aromatic carbocycles. The summed E-state index contributed by atoms with van der Waals surface area (Å²) in [6.07, 6.45) is 0. The van der Waals surface area contributed by atoms with E-state index in [0.717, 1.165) is 17.1 Å². The van der Waals surface area contributed by atoms with E-state index >= 15 is 0 Å². The summed E-state index contributed by atoms with van der Waals surface area (Å²) < 4.78 is 37.3. The molecular formula is C14H17NO4S. The lowest BCUT2D eigenvalue weighted by atomic mass is 10.2. The van der Waals surface area contributed by atoms with Gasteiger partial charge in [-0.2, -0.15) is 0 Å². The Bertz CT molecular complexity index is 704. The van der Waals surface area contributed by atoms with Gasteiger partial charge in [-0.1, -0.05) is 6.07 Å². The fourth-order valence-corrected chi connectivity index (χ4v) is 2.92. The van der Waals surface area contributed by atoms with E-state index in [-0.39, 0.29) is 11.4 Å². The predicted molar refractivity (Wildman–Crippen MR) is 75.2 cm³/mol. The monoisotopic (exact) mass is 295 g/mol. The van der Waals surface area contributed by atoms with Gasteiger partial charge in [0, 0.05) is 18.2 Å². The van der Waals surface area contributed by atoms with Crippen molar-refractivity contribution < 1.29 is 17.6 Å². The second kappa shape index (κ2) is 5.68. The van der Waals surface area contributed by atoms with Crippen LogP contribution in [0.3, 0.4) is 0 Å². The molecule has 6 heteroatoms. The first-order valence-electron chi connectivity index (χ1n) is 6.12. The number of methoxy groups -OCH3 is 1. The molecule has 0 saturated carbocycles. The van der Waals surface area contributed by atoms with Crippen molar-refractivity contribution in [2.24, 2.45) is 0 Å². The summed E-state index contributed by atoms with van der Waals surface area (Å²) in [7, 11) is -2.07. The van der Waals surface area contributed by atoms with Crippen molar-refractivity contribution in [1.29, 1.82) is 0 Å². The van der Waals surface area contributed by atoms with Gasteiger partial charge >= 0.3 is 0 Å². The van der Waals surface area contributed by atoms with Crippen LogP contribution < -0.4 is 9.46 Å². The van der Waals surface area contributed by atoms with Gasteiger partial charge in [-0.3, -0.25) is 0 Å². The number of benzene rings is 1. The highest BCUT2D eigenvalue weighted by Crippen LogP contribution is 2.18. The number of aryl methyl sites for hydroxylation is 2. The highest BCUT2D eigenvalue weighted by atomic mass is 32.2. The number of rotatable bonds is 5. The second-order valence-electron chi connectivity index (χ2n) is 4.44. The van der Waals surface area contributed by atoms with Crippen molar-refractivity contribution in [3.63, 3.8) is 0 Å². The van der Waals surface area contributed by atoms with Gasteiger partial charge in [0.15, 0.2) is 0 Å². The minimum Gasteiger partial charge on any atom is -0.497 e. The van der Waals surface area contributed by atoms with Crippen LogP contribution in [0.1, 0.15) is 17.1 Å². The van der Waals surface area contributed by atoms with Crippen molar-refractivity contribution >= 4 is 10.0 Å². The van der Waals surface area contributed by atoms with Crippen LogP contribution in [0.4, 0.5) is 0 Å². The van der Waals surface area contributed by atoms with E-state index in [9.17, 15) is 8.42 Å². The summed E-state index contributed by atoms with van der Waals surface area (Å²) in [4.78, 5) is 0.176. The number of sulfonamides is 1. The Morgan fingerprint density at radius 2 is 2.00 bits per heavy atom. The van der Waals surface area contributed by atoms with E-state index < -0.39 is 10.0 Å². The van der Waals surface area contributed by atoms with E-state index in [0.29, 0.717) is 5.75 Å². The Hall–Kier alpha value is -1.79. The van der Waals surface area contributed by atoms with Crippen LogP contribution in [0.5, 0.6) is 5.75 Å². The first kappa shape index (κ1) is 14.6. The molecule has 0 spiro atoms. The average Bonchev–Trinajstić information content (AvgIpc) is 2.75. The lowest BCUT2D eigenvalue weighted by Crippen LogP contribution is -2.23. The standard InChI is InChI=1S/C14H17NO4S/c1-10-7-12(11(2)19-10)9-15-20(16,17)14-6-4-5-13(8-14)18-3/h4-8,15H,9H2,1-3H3. The molecule has 0 fully saturated rings. The normalized spacial score (nSPS) is 11.6. The zero-order valence-corrected chi connectivity index (χ0v) is 12.5. The SMILES string of the molecule is COc1cccc(S(=O)(=O)NCc2cc(C)oc2C)c1. The summed E-state index contributed by atoms with van der Waals surface area (Å²) in [6, 6.07) is 8.17. The molecule has 1 N–H and O–H groups in total. The highest BCUT2D eigenvalue weighted by molar-refractivity contribution is 7.89. The largest absolute Gasteiger partial charge is 0.497 e. The molecule has 0 saturated heterocycles. The zero-order valence-electron chi connectivity index (χ0n) is 11.6. The summed E-state index contributed by atoms with van der Waals surface area (Å²) in [5.74, 6) is 1.98. The maximum atomic E-state index is 12.2. The van der Waals surface area contributed by atoms with Gasteiger partial charge < -0.3 is 9.15 Å². The third kappa shape index (κ3) is 3.20. The molecule has 1 aromatic heterocycles. The van der Waals surface area contributed by atoms with Gasteiger partial charge in [0.05, 0.1) is 12.0 Å². The summed E-state index contributed by atoms with van der Waals surface area (Å²) in [5.41, 5.74) is 0.828. The molecule has 0 bridgehead atoms. The summed E-state index contributed by atoms with van der Waals surface area (Å²) >= 11 is 0. The Morgan fingerprint density at radius 1 is 1.25 bits per heavy atom. The number of ether oxygens (including phenoxy) is 1.